The van der Waals surface area contributed by atoms with Gasteiger partial charge in [-0.25, -0.2) is 8.78 Å². The molecule has 1 N–H and O–H groups in total. The predicted octanol–water partition coefficient (Wildman–Crippen LogP) is 4.42. The van der Waals surface area contributed by atoms with Crippen LogP contribution in [0.1, 0.15) is 13.8 Å². The number of anilines is 1. The number of benzene rings is 1. The molecule has 9 heteroatoms. The molecule has 0 aliphatic rings. The minimum atomic E-state index is -0.813. The third-order valence-corrected chi connectivity index (χ3v) is 5.56. The molecule has 2 heterocycles. The van der Waals surface area contributed by atoms with Gasteiger partial charge in [-0.3, -0.25) is 4.79 Å². The van der Waals surface area contributed by atoms with Gasteiger partial charge in [0.05, 0.1) is 15.8 Å². The zero-order chi connectivity index (χ0) is 18.7. The van der Waals surface area contributed by atoms with Gasteiger partial charge in [0.2, 0.25) is 5.91 Å². The average Bonchev–Trinajstić information content (AvgIpc) is 3.26. The number of carbonyl (C=O) groups excluding carboxylic acids is 1. The maximum atomic E-state index is 13.7. The number of hydrogen-bond donors (Lipinski definition) is 1. The van der Waals surface area contributed by atoms with E-state index in [2.05, 4.69) is 15.5 Å². The zero-order valence-electron chi connectivity index (χ0n) is 14.1. The van der Waals surface area contributed by atoms with Crippen molar-refractivity contribution >= 4 is 34.7 Å². The molecule has 3 rings (SSSR count). The lowest BCUT2D eigenvalue weighted by molar-refractivity contribution is -0.115. The van der Waals surface area contributed by atoms with Crippen LogP contribution >= 0.6 is 23.1 Å². The maximum absolute atomic E-state index is 13.7. The highest BCUT2D eigenvalue weighted by Crippen LogP contribution is 2.29. The van der Waals surface area contributed by atoms with Crippen molar-refractivity contribution in [3.63, 3.8) is 0 Å². The Kier molecular flexibility index (Phi) is 5.67. The minimum absolute atomic E-state index is 0.0555. The van der Waals surface area contributed by atoms with Crippen molar-refractivity contribution in [2.75, 3.05) is 5.32 Å². The van der Waals surface area contributed by atoms with Crippen LogP contribution in [0.15, 0.2) is 40.9 Å². The maximum Gasteiger partial charge on any atom is 0.237 e. The second kappa shape index (κ2) is 7.96. The van der Waals surface area contributed by atoms with Crippen LogP contribution < -0.4 is 5.32 Å². The average molecular weight is 394 g/mol. The van der Waals surface area contributed by atoms with E-state index < -0.39 is 22.8 Å². The minimum Gasteiger partial charge on any atom is -0.323 e. The summed E-state index contributed by atoms with van der Waals surface area (Å²) in [4.78, 5) is 13.3. The third-order valence-electron chi connectivity index (χ3n) is 3.62. The number of aromatic nitrogens is 3. The fourth-order valence-corrected chi connectivity index (χ4v) is 3.92. The monoisotopic (exact) mass is 394 g/mol. The molecular weight excluding hydrogens is 378 g/mol. The summed E-state index contributed by atoms with van der Waals surface area (Å²) < 4.78 is 28.6. The van der Waals surface area contributed by atoms with Crippen LogP contribution in [0.3, 0.4) is 0 Å². The van der Waals surface area contributed by atoms with Crippen LogP contribution in [0.2, 0.25) is 0 Å². The number of amides is 1. The quantitative estimate of drug-likeness (QED) is 0.629. The highest BCUT2D eigenvalue weighted by atomic mass is 32.2. The Labute approximate surface area is 157 Å². The van der Waals surface area contributed by atoms with E-state index in [1.807, 2.05) is 29.0 Å². The molecule has 0 bridgehead atoms. The first-order chi connectivity index (χ1) is 12.5. The smallest absolute Gasteiger partial charge is 0.237 e. The lowest BCUT2D eigenvalue weighted by atomic mass is 10.3. The summed E-state index contributed by atoms with van der Waals surface area (Å²) in [7, 11) is 0. The summed E-state index contributed by atoms with van der Waals surface area (Å²) in [6.45, 7) is 4.33. The van der Waals surface area contributed by atoms with Gasteiger partial charge in [-0.1, -0.05) is 17.8 Å². The van der Waals surface area contributed by atoms with Gasteiger partial charge in [-0.2, -0.15) is 0 Å². The molecule has 2 aromatic heterocycles. The lowest BCUT2D eigenvalue weighted by Crippen LogP contribution is -2.23. The Morgan fingerprint density at radius 1 is 1.35 bits per heavy atom. The first-order valence-corrected chi connectivity index (χ1v) is 9.65. The first-order valence-electron chi connectivity index (χ1n) is 7.89. The number of thioether (sulfide) groups is 1. The molecule has 1 aromatic carbocycles. The molecule has 1 atom stereocenters. The van der Waals surface area contributed by atoms with E-state index in [0.29, 0.717) is 11.7 Å². The predicted molar refractivity (Wildman–Crippen MR) is 99.3 cm³/mol. The summed E-state index contributed by atoms with van der Waals surface area (Å²) in [5.41, 5.74) is -0.0555. The van der Waals surface area contributed by atoms with E-state index in [4.69, 9.17) is 0 Å². The Hall–Kier alpha value is -2.26. The largest absolute Gasteiger partial charge is 0.323 e. The molecule has 0 aliphatic carbocycles. The van der Waals surface area contributed by atoms with Crippen molar-refractivity contribution in [1.29, 1.82) is 0 Å². The Morgan fingerprint density at radius 2 is 2.15 bits per heavy atom. The summed E-state index contributed by atoms with van der Waals surface area (Å²) in [6, 6.07) is 6.92. The number of carbonyl (C=O) groups is 1. The van der Waals surface area contributed by atoms with Crippen LogP contribution in [-0.2, 0) is 11.3 Å². The number of thiophene rings is 1. The molecule has 0 fully saturated rings. The molecule has 5 nitrogen and oxygen atoms in total. The summed E-state index contributed by atoms with van der Waals surface area (Å²) in [5.74, 6) is -1.15. The third kappa shape index (κ3) is 3.94. The summed E-state index contributed by atoms with van der Waals surface area (Å²) in [6.07, 6.45) is 0. The Bertz CT molecular complexity index is 912. The van der Waals surface area contributed by atoms with Gasteiger partial charge >= 0.3 is 0 Å². The molecule has 0 unspecified atom stereocenters. The summed E-state index contributed by atoms with van der Waals surface area (Å²) in [5, 5.41) is 12.9. The molecule has 0 saturated carbocycles. The van der Waals surface area contributed by atoms with Gasteiger partial charge < -0.3 is 9.88 Å². The fourth-order valence-electron chi connectivity index (χ4n) is 2.29. The van der Waals surface area contributed by atoms with E-state index in [1.165, 1.54) is 17.8 Å². The second-order valence-electron chi connectivity index (χ2n) is 5.40. The number of hydrogen-bond acceptors (Lipinski definition) is 5. The molecule has 1 amide bonds. The van der Waals surface area contributed by atoms with Crippen molar-refractivity contribution in [2.24, 2.45) is 0 Å². The van der Waals surface area contributed by atoms with Gasteiger partial charge in [0, 0.05) is 12.6 Å². The van der Waals surface area contributed by atoms with Gasteiger partial charge in [0.1, 0.15) is 11.6 Å². The van der Waals surface area contributed by atoms with Gasteiger partial charge in [0.25, 0.3) is 0 Å². The molecule has 136 valence electrons. The van der Waals surface area contributed by atoms with Crippen LogP contribution in [0.5, 0.6) is 0 Å². The van der Waals surface area contributed by atoms with Crippen LogP contribution in [0.25, 0.3) is 10.7 Å². The SMILES string of the molecule is CCn1c(S[C@@H](C)C(=O)Nc2ccc(F)cc2F)nnc1-c1cccs1. The van der Waals surface area contributed by atoms with E-state index in [0.717, 1.165) is 22.8 Å². The van der Waals surface area contributed by atoms with Gasteiger partial charge in [-0.05, 0) is 37.4 Å². The number of nitrogens with one attached hydrogen (secondary N) is 1. The highest BCUT2D eigenvalue weighted by molar-refractivity contribution is 8.00. The molecule has 0 saturated heterocycles. The van der Waals surface area contributed by atoms with Crippen LogP contribution in [0.4, 0.5) is 14.5 Å². The molecule has 0 aliphatic heterocycles. The van der Waals surface area contributed by atoms with Crippen molar-refractivity contribution in [1.82, 2.24) is 14.8 Å². The van der Waals surface area contributed by atoms with Gasteiger partial charge in [-0.15, -0.1) is 21.5 Å². The van der Waals surface area contributed by atoms with Gasteiger partial charge in [0.15, 0.2) is 11.0 Å². The normalized spacial score (nSPS) is 12.2. The topological polar surface area (TPSA) is 59.8 Å². The number of nitrogens with zero attached hydrogens (tertiary/aromatic N) is 3. The van der Waals surface area contributed by atoms with Crippen molar-refractivity contribution in [2.45, 2.75) is 30.8 Å². The molecule has 3 aromatic rings. The fraction of sp³-hybridized carbons (Fsp3) is 0.235. The van der Waals surface area contributed by atoms with Crippen LogP contribution in [0, 0.1) is 11.6 Å². The Morgan fingerprint density at radius 3 is 2.81 bits per heavy atom. The highest BCUT2D eigenvalue weighted by Gasteiger charge is 2.21. The summed E-state index contributed by atoms with van der Waals surface area (Å²) >= 11 is 2.80. The number of halogens is 2. The lowest BCUT2D eigenvalue weighted by Gasteiger charge is -2.13. The van der Waals surface area contributed by atoms with E-state index in [9.17, 15) is 13.6 Å². The first kappa shape index (κ1) is 18.5. The van der Waals surface area contributed by atoms with Crippen molar-refractivity contribution in [3.8, 4) is 10.7 Å². The second-order valence-corrected chi connectivity index (χ2v) is 7.66. The zero-order valence-corrected chi connectivity index (χ0v) is 15.7. The molecular formula is C17H16F2N4OS2. The van der Waals surface area contributed by atoms with E-state index in [1.54, 1.807) is 18.3 Å². The van der Waals surface area contributed by atoms with Crippen molar-refractivity contribution < 1.29 is 13.6 Å². The molecule has 0 spiro atoms. The Balaban J connectivity index is 1.73. The standard InChI is InChI=1S/C17H16F2N4OS2/c1-3-23-15(14-5-4-8-25-14)21-22-17(23)26-10(2)16(24)20-13-7-6-11(18)9-12(13)19/h4-10H,3H2,1-2H3,(H,20,24)/t10-/m0/s1. The molecule has 0 radical (unpaired) electrons. The van der Waals surface area contributed by atoms with Crippen LogP contribution in [-0.4, -0.2) is 25.9 Å². The van der Waals surface area contributed by atoms with E-state index >= 15 is 0 Å². The molecule has 26 heavy (non-hydrogen) atoms. The van der Waals surface area contributed by atoms with E-state index in [-0.39, 0.29) is 5.69 Å². The number of rotatable bonds is 6. The van der Waals surface area contributed by atoms with Crippen molar-refractivity contribution in [3.05, 3.63) is 47.3 Å².